The van der Waals surface area contributed by atoms with E-state index < -0.39 is 52.2 Å². The SMILES string of the molecule is Bc1c(F)c(F)c(C)c(F)c1C(=O)CC(=O)OCC. The van der Waals surface area contributed by atoms with Crippen LogP contribution in [0.15, 0.2) is 0 Å². The summed E-state index contributed by atoms with van der Waals surface area (Å²) >= 11 is 0. The van der Waals surface area contributed by atoms with E-state index in [1.807, 2.05) is 0 Å². The summed E-state index contributed by atoms with van der Waals surface area (Å²) in [5.74, 6) is -5.54. The minimum atomic E-state index is -1.33. The minimum absolute atomic E-state index is 0.0738. The van der Waals surface area contributed by atoms with Crippen molar-refractivity contribution in [1.82, 2.24) is 0 Å². The summed E-state index contributed by atoms with van der Waals surface area (Å²) in [6, 6.07) is 0. The maximum Gasteiger partial charge on any atom is 0.313 e. The molecule has 1 aromatic carbocycles. The summed E-state index contributed by atoms with van der Waals surface area (Å²) in [6.45, 7) is 2.65. The summed E-state index contributed by atoms with van der Waals surface area (Å²) in [5.41, 5.74) is -1.64. The molecule has 0 saturated carbocycles. The quantitative estimate of drug-likeness (QED) is 0.268. The largest absolute Gasteiger partial charge is 0.466 e. The fourth-order valence-electron chi connectivity index (χ4n) is 1.65. The lowest BCUT2D eigenvalue weighted by Gasteiger charge is -2.11. The number of rotatable bonds is 4. The van der Waals surface area contributed by atoms with Crippen molar-refractivity contribution in [2.75, 3.05) is 6.61 Å². The van der Waals surface area contributed by atoms with Crippen LogP contribution in [0.5, 0.6) is 0 Å². The molecule has 0 fully saturated rings. The molecule has 0 aromatic heterocycles. The van der Waals surface area contributed by atoms with Gasteiger partial charge in [0.05, 0.1) is 12.2 Å². The van der Waals surface area contributed by atoms with Crippen LogP contribution in [0.1, 0.15) is 29.3 Å². The molecule has 0 bridgehead atoms. The van der Waals surface area contributed by atoms with Crippen LogP contribution >= 0.6 is 0 Å². The van der Waals surface area contributed by atoms with Gasteiger partial charge >= 0.3 is 5.97 Å². The Morgan fingerprint density at radius 3 is 2.26 bits per heavy atom. The summed E-state index contributed by atoms with van der Waals surface area (Å²) in [7, 11) is 1.08. The Morgan fingerprint density at radius 1 is 1.16 bits per heavy atom. The Bertz CT molecular complexity index is 515. The first-order chi connectivity index (χ1) is 8.81. The molecule has 102 valence electrons. The van der Waals surface area contributed by atoms with Gasteiger partial charge in [-0.25, -0.2) is 13.2 Å². The van der Waals surface area contributed by atoms with E-state index in [9.17, 15) is 22.8 Å². The number of ether oxygens (including phenoxy) is 1. The van der Waals surface area contributed by atoms with Gasteiger partial charge in [-0.15, -0.1) is 0 Å². The number of carbonyl (C=O) groups excluding carboxylic acids is 2. The number of esters is 1. The average Bonchev–Trinajstić information content (AvgIpc) is 2.34. The molecule has 7 heteroatoms. The van der Waals surface area contributed by atoms with Crippen LogP contribution in [0.25, 0.3) is 0 Å². The molecule has 1 aromatic rings. The number of hydrogen-bond donors (Lipinski definition) is 0. The van der Waals surface area contributed by atoms with Crippen LogP contribution in [0.4, 0.5) is 13.2 Å². The molecule has 0 aliphatic heterocycles. The first-order valence-corrected chi connectivity index (χ1v) is 5.63. The van der Waals surface area contributed by atoms with E-state index in [0.29, 0.717) is 0 Å². The number of carbonyl (C=O) groups is 2. The van der Waals surface area contributed by atoms with E-state index in [4.69, 9.17) is 0 Å². The molecule has 3 nitrogen and oxygen atoms in total. The Labute approximate surface area is 109 Å². The van der Waals surface area contributed by atoms with Crippen molar-refractivity contribution in [3.63, 3.8) is 0 Å². The Balaban J connectivity index is 3.21. The predicted octanol–water partition coefficient (Wildman–Crippen LogP) is 0.807. The van der Waals surface area contributed by atoms with Gasteiger partial charge in [0.1, 0.15) is 20.1 Å². The van der Waals surface area contributed by atoms with Crippen molar-refractivity contribution in [2.45, 2.75) is 20.3 Å². The van der Waals surface area contributed by atoms with Crippen molar-refractivity contribution in [2.24, 2.45) is 0 Å². The zero-order chi connectivity index (χ0) is 14.7. The highest BCUT2D eigenvalue weighted by Crippen LogP contribution is 2.18. The second kappa shape index (κ2) is 5.90. The molecule has 0 aliphatic rings. The van der Waals surface area contributed by atoms with Crippen molar-refractivity contribution >= 4 is 25.1 Å². The average molecular weight is 272 g/mol. The Kier molecular flexibility index (Phi) is 4.75. The van der Waals surface area contributed by atoms with Crippen LogP contribution in [0, 0.1) is 24.4 Å². The first-order valence-electron chi connectivity index (χ1n) is 5.63. The molecule has 0 saturated heterocycles. The number of benzene rings is 1. The summed E-state index contributed by atoms with van der Waals surface area (Å²) in [4.78, 5) is 22.9. The third kappa shape index (κ3) is 2.97. The molecule has 0 atom stereocenters. The summed E-state index contributed by atoms with van der Waals surface area (Å²) < 4.78 is 45.1. The smallest absolute Gasteiger partial charge is 0.313 e. The fourth-order valence-corrected chi connectivity index (χ4v) is 1.65. The molecule has 0 heterocycles. The Hall–Kier alpha value is -1.79. The van der Waals surface area contributed by atoms with Gasteiger partial charge in [0.15, 0.2) is 17.4 Å². The highest BCUT2D eigenvalue weighted by atomic mass is 19.2. The van der Waals surface area contributed by atoms with E-state index in [2.05, 4.69) is 4.74 Å². The number of ketones is 1. The zero-order valence-electron chi connectivity index (χ0n) is 10.8. The van der Waals surface area contributed by atoms with Gasteiger partial charge in [-0.3, -0.25) is 9.59 Å². The van der Waals surface area contributed by atoms with Gasteiger partial charge in [0.2, 0.25) is 0 Å². The van der Waals surface area contributed by atoms with E-state index >= 15 is 0 Å². The molecule has 19 heavy (non-hydrogen) atoms. The van der Waals surface area contributed by atoms with Crippen LogP contribution in [-0.4, -0.2) is 26.2 Å². The highest BCUT2D eigenvalue weighted by Gasteiger charge is 2.25. The van der Waals surface area contributed by atoms with Crippen LogP contribution in [0.2, 0.25) is 0 Å². The summed E-state index contributed by atoms with van der Waals surface area (Å²) in [5, 5.41) is 0. The molecule has 0 N–H and O–H groups in total. The van der Waals surface area contributed by atoms with E-state index in [-0.39, 0.29) is 6.61 Å². The molecule has 0 spiro atoms. The molecule has 0 unspecified atom stereocenters. The highest BCUT2D eigenvalue weighted by molar-refractivity contribution is 6.37. The fraction of sp³-hybridized carbons (Fsp3) is 0.333. The van der Waals surface area contributed by atoms with Gasteiger partial charge < -0.3 is 4.74 Å². The predicted molar refractivity (Wildman–Crippen MR) is 64.8 cm³/mol. The monoisotopic (exact) mass is 272 g/mol. The number of Topliss-reactive ketones (excluding diaryl/α,β-unsaturated/α-hetero) is 1. The third-order valence-electron chi connectivity index (χ3n) is 2.66. The van der Waals surface area contributed by atoms with Gasteiger partial charge in [0.25, 0.3) is 0 Å². The molecule has 0 radical (unpaired) electrons. The van der Waals surface area contributed by atoms with Gasteiger partial charge in [-0.05, 0) is 19.3 Å². The second-order valence-electron chi connectivity index (χ2n) is 3.97. The third-order valence-corrected chi connectivity index (χ3v) is 2.66. The van der Waals surface area contributed by atoms with Crippen LogP contribution in [-0.2, 0) is 9.53 Å². The lowest BCUT2D eigenvalue weighted by atomic mass is 9.85. The van der Waals surface area contributed by atoms with E-state index in [1.165, 1.54) is 0 Å². The normalized spacial score (nSPS) is 10.4. The van der Waals surface area contributed by atoms with Crippen LogP contribution in [0.3, 0.4) is 0 Å². The van der Waals surface area contributed by atoms with Crippen molar-refractivity contribution < 1.29 is 27.5 Å². The van der Waals surface area contributed by atoms with E-state index in [1.54, 1.807) is 6.92 Å². The first kappa shape index (κ1) is 15.3. The standard InChI is InChI=1S/C12H12BF3O3/c1-3-19-7(18)4-6(17)8-9(13)12(16)11(15)5(2)10(8)14/h3-4,13H2,1-2H3. The molecular weight excluding hydrogens is 260 g/mol. The Morgan fingerprint density at radius 2 is 1.74 bits per heavy atom. The number of halogens is 3. The lowest BCUT2D eigenvalue weighted by molar-refractivity contribution is -0.141. The van der Waals surface area contributed by atoms with Crippen molar-refractivity contribution in [3.05, 3.63) is 28.6 Å². The van der Waals surface area contributed by atoms with Gasteiger partial charge in [0, 0.05) is 5.56 Å². The lowest BCUT2D eigenvalue weighted by Crippen LogP contribution is -2.26. The topological polar surface area (TPSA) is 43.4 Å². The van der Waals surface area contributed by atoms with Gasteiger partial charge in [-0.2, -0.15) is 0 Å². The molecular formula is C12H12BF3O3. The van der Waals surface area contributed by atoms with Crippen molar-refractivity contribution in [3.8, 4) is 0 Å². The van der Waals surface area contributed by atoms with Crippen molar-refractivity contribution in [1.29, 1.82) is 0 Å². The van der Waals surface area contributed by atoms with Crippen LogP contribution < -0.4 is 5.46 Å². The maximum absolute atomic E-state index is 13.8. The van der Waals surface area contributed by atoms with E-state index in [0.717, 1.165) is 14.8 Å². The minimum Gasteiger partial charge on any atom is -0.466 e. The molecule has 0 aliphatic carbocycles. The summed E-state index contributed by atoms with van der Waals surface area (Å²) in [6.07, 6.45) is -0.712. The molecule has 0 amide bonds. The molecule has 1 rings (SSSR count). The maximum atomic E-state index is 13.8. The number of hydrogen-bond acceptors (Lipinski definition) is 3. The van der Waals surface area contributed by atoms with Gasteiger partial charge in [-0.1, -0.05) is 0 Å². The second-order valence-corrected chi connectivity index (χ2v) is 3.97. The zero-order valence-corrected chi connectivity index (χ0v) is 10.8.